The topological polar surface area (TPSA) is 61.8 Å². The molecule has 1 aliphatic rings. The van der Waals surface area contributed by atoms with Gasteiger partial charge in [-0.2, -0.15) is 0 Å². The zero-order valence-electron chi connectivity index (χ0n) is 14.3. The van der Waals surface area contributed by atoms with Crippen LogP contribution in [0.4, 0.5) is 0 Å². The molecule has 0 heterocycles. The van der Waals surface area contributed by atoms with Gasteiger partial charge in [-0.3, -0.25) is 4.79 Å². The van der Waals surface area contributed by atoms with Crippen LogP contribution in [0.5, 0.6) is 11.5 Å². The Kier molecular flexibility index (Phi) is 5.03. The lowest BCUT2D eigenvalue weighted by Crippen LogP contribution is -2.15. The molecular formula is C20H20O5. The third-order valence-electron chi connectivity index (χ3n) is 4.38. The van der Waals surface area contributed by atoms with Gasteiger partial charge in [0, 0.05) is 6.07 Å². The first-order valence-electron chi connectivity index (χ1n) is 8.16. The van der Waals surface area contributed by atoms with Crippen molar-refractivity contribution in [3.05, 3.63) is 58.7 Å². The van der Waals surface area contributed by atoms with E-state index in [1.54, 1.807) is 24.3 Å². The first-order chi connectivity index (χ1) is 12.1. The van der Waals surface area contributed by atoms with E-state index < -0.39 is 5.97 Å². The molecule has 0 spiro atoms. The SMILES string of the molecule is COc1ccc(C(=O)COC(=O)c2ccc3c(c2)CCC3)c(OC)c1. The van der Waals surface area contributed by atoms with Crippen LogP contribution in [0.25, 0.3) is 0 Å². The molecule has 0 bridgehead atoms. The fraction of sp³-hybridized carbons (Fsp3) is 0.300. The fourth-order valence-corrected chi connectivity index (χ4v) is 3.02. The van der Waals surface area contributed by atoms with Crippen LogP contribution in [0.2, 0.25) is 0 Å². The Balaban J connectivity index is 1.67. The van der Waals surface area contributed by atoms with Crippen LogP contribution in [0.1, 0.15) is 38.3 Å². The number of esters is 1. The molecule has 0 amide bonds. The number of hydrogen-bond acceptors (Lipinski definition) is 5. The molecule has 5 nitrogen and oxygen atoms in total. The van der Waals surface area contributed by atoms with Crippen LogP contribution < -0.4 is 9.47 Å². The van der Waals surface area contributed by atoms with Gasteiger partial charge >= 0.3 is 5.97 Å². The van der Waals surface area contributed by atoms with Crippen LogP contribution in [0.3, 0.4) is 0 Å². The van der Waals surface area contributed by atoms with Gasteiger partial charge in [-0.05, 0) is 54.7 Å². The van der Waals surface area contributed by atoms with E-state index in [0.717, 1.165) is 19.3 Å². The number of aryl methyl sites for hydroxylation is 2. The van der Waals surface area contributed by atoms with Crippen LogP contribution in [0, 0.1) is 0 Å². The molecule has 130 valence electrons. The standard InChI is InChI=1S/C20H20O5/c1-23-16-8-9-17(19(11-16)24-2)18(21)12-25-20(22)15-7-6-13-4-3-5-14(13)10-15/h6-11H,3-5,12H2,1-2H3. The Morgan fingerprint density at radius 1 is 0.960 bits per heavy atom. The number of Topliss-reactive ketones (excluding diaryl/α,β-unsaturated/α-hetero) is 1. The van der Waals surface area contributed by atoms with Gasteiger partial charge in [0.2, 0.25) is 5.78 Å². The molecule has 0 radical (unpaired) electrons. The second-order valence-electron chi connectivity index (χ2n) is 5.90. The zero-order chi connectivity index (χ0) is 17.8. The largest absolute Gasteiger partial charge is 0.497 e. The van der Waals surface area contributed by atoms with Gasteiger partial charge in [0.25, 0.3) is 0 Å². The van der Waals surface area contributed by atoms with Crippen LogP contribution in [0.15, 0.2) is 36.4 Å². The molecule has 25 heavy (non-hydrogen) atoms. The Morgan fingerprint density at radius 2 is 1.76 bits per heavy atom. The molecular weight excluding hydrogens is 320 g/mol. The minimum Gasteiger partial charge on any atom is -0.497 e. The van der Waals surface area contributed by atoms with Crippen molar-refractivity contribution in [2.24, 2.45) is 0 Å². The summed E-state index contributed by atoms with van der Waals surface area (Å²) in [4.78, 5) is 24.6. The maximum atomic E-state index is 12.3. The number of carbonyl (C=O) groups excluding carboxylic acids is 2. The highest BCUT2D eigenvalue weighted by Crippen LogP contribution is 2.25. The van der Waals surface area contributed by atoms with Crippen molar-refractivity contribution in [1.82, 2.24) is 0 Å². The molecule has 1 aliphatic carbocycles. The summed E-state index contributed by atoms with van der Waals surface area (Å²) in [7, 11) is 3.01. The van der Waals surface area contributed by atoms with E-state index >= 15 is 0 Å². The van der Waals surface area contributed by atoms with Crippen molar-refractivity contribution in [2.45, 2.75) is 19.3 Å². The van der Waals surface area contributed by atoms with Crippen molar-refractivity contribution in [3.63, 3.8) is 0 Å². The van der Waals surface area contributed by atoms with Gasteiger partial charge in [0.15, 0.2) is 6.61 Å². The van der Waals surface area contributed by atoms with Crippen molar-refractivity contribution in [1.29, 1.82) is 0 Å². The van der Waals surface area contributed by atoms with E-state index in [-0.39, 0.29) is 12.4 Å². The molecule has 0 aliphatic heterocycles. The van der Waals surface area contributed by atoms with Gasteiger partial charge in [0.05, 0.1) is 25.3 Å². The minimum atomic E-state index is -0.490. The van der Waals surface area contributed by atoms with E-state index in [4.69, 9.17) is 14.2 Å². The first kappa shape index (κ1) is 17.0. The Labute approximate surface area is 146 Å². The molecule has 0 unspecified atom stereocenters. The highest BCUT2D eigenvalue weighted by Gasteiger charge is 2.18. The quantitative estimate of drug-likeness (QED) is 0.597. The van der Waals surface area contributed by atoms with E-state index in [9.17, 15) is 9.59 Å². The number of benzene rings is 2. The number of methoxy groups -OCH3 is 2. The summed E-state index contributed by atoms with van der Waals surface area (Å²) in [5.74, 6) is 0.158. The zero-order valence-corrected chi connectivity index (χ0v) is 14.3. The maximum absolute atomic E-state index is 12.3. The summed E-state index contributed by atoms with van der Waals surface area (Å²) in [5.41, 5.74) is 3.31. The third-order valence-corrected chi connectivity index (χ3v) is 4.38. The van der Waals surface area contributed by atoms with Crippen LogP contribution >= 0.6 is 0 Å². The fourth-order valence-electron chi connectivity index (χ4n) is 3.02. The summed E-state index contributed by atoms with van der Waals surface area (Å²) >= 11 is 0. The summed E-state index contributed by atoms with van der Waals surface area (Å²) in [5, 5.41) is 0. The monoisotopic (exact) mass is 340 g/mol. The Morgan fingerprint density at radius 3 is 2.52 bits per heavy atom. The molecule has 0 saturated carbocycles. The first-order valence-corrected chi connectivity index (χ1v) is 8.16. The highest BCUT2D eigenvalue weighted by atomic mass is 16.5. The summed E-state index contributed by atoms with van der Waals surface area (Å²) in [6.07, 6.45) is 3.16. The van der Waals surface area contributed by atoms with Gasteiger partial charge in [-0.25, -0.2) is 4.79 Å². The highest BCUT2D eigenvalue weighted by molar-refractivity contribution is 6.01. The third kappa shape index (κ3) is 3.65. The Bertz CT molecular complexity index is 810. The molecule has 0 saturated heterocycles. The van der Waals surface area contributed by atoms with Crippen LogP contribution in [-0.2, 0) is 17.6 Å². The molecule has 2 aromatic rings. The van der Waals surface area contributed by atoms with Gasteiger partial charge in [0.1, 0.15) is 11.5 Å². The summed E-state index contributed by atoms with van der Waals surface area (Å²) in [6, 6.07) is 10.5. The summed E-state index contributed by atoms with van der Waals surface area (Å²) < 4.78 is 15.5. The molecule has 5 heteroatoms. The predicted molar refractivity (Wildman–Crippen MR) is 92.6 cm³/mol. The minimum absolute atomic E-state index is 0.325. The lowest BCUT2D eigenvalue weighted by molar-refractivity contribution is 0.0474. The summed E-state index contributed by atoms with van der Waals surface area (Å²) in [6.45, 7) is -0.335. The Hall–Kier alpha value is -2.82. The molecule has 3 rings (SSSR count). The van der Waals surface area contributed by atoms with Crippen molar-refractivity contribution < 1.29 is 23.8 Å². The molecule has 0 N–H and O–H groups in total. The lowest BCUT2D eigenvalue weighted by Gasteiger charge is -2.10. The number of ether oxygens (including phenoxy) is 3. The molecule has 2 aromatic carbocycles. The van der Waals surface area contributed by atoms with Gasteiger partial charge < -0.3 is 14.2 Å². The lowest BCUT2D eigenvalue weighted by atomic mass is 10.1. The van der Waals surface area contributed by atoms with E-state index in [2.05, 4.69) is 0 Å². The number of hydrogen-bond donors (Lipinski definition) is 0. The van der Waals surface area contributed by atoms with Crippen molar-refractivity contribution in [2.75, 3.05) is 20.8 Å². The number of ketones is 1. The predicted octanol–water partition coefficient (Wildman–Crippen LogP) is 3.23. The van der Waals surface area contributed by atoms with E-state index in [0.29, 0.717) is 22.6 Å². The normalized spacial score (nSPS) is 12.4. The van der Waals surface area contributed by atoms with Crippen molar-refractivity contribution >= 4 is 11.8 Å². The number of rotatable bonds is 6. The molecule has 0 aromatic heterocycles. The second-order valence-corrected chi connectivity index (χ2v) is 5.90. The average molecular weight is 340 g/mol. The van der Waals surface area contributed by atoms with Gasteiger partial charge in [-0.15, -0.1) is 0 Å². The molecule has 0 atom stereocenters. The maximum Gasteiger partial charge on any atom is 0.338 e. The van der Waals surface area contributed by atoms with E-state index in [1.807, 2.05) is 12.1 Å². The van der Waals surface area contributed by atoms with Crippen molar-refractivity contribution in [3.8, 4) is 11.5 Å². The van der Waals surface area contributed by atoms with Gasteiger partial charge in [-0.1, -0.05) is 6.07 Å². The molecule has 0 fully saturated rings. The number of carbonyl (C=O) groups is 2. The number of fused-ring (bicyclic) bond motifs is 1. The smallest absolute Gasteiger partial charge is 0.338 e. The van der Waals surface area contributed by atoms with Crippen LogP contribution in [-0.4, -0.2) is 32.6 Å². The second kappa shape index (κ2) is 7.38. The average Bonchev–Trinajstić information content (AvgIpc) is 3.12. The van der Waals surface area contributed by atoms with E-state index in [1.165, 1.54) is 25.3 Å².